The number of ether oxygens (including phenoxy) is 1. The lowest BCUT2D eigenvalue weighted by Crippen LogP contribution is -2.22. The second-order valence-corrected chi connectivity index (χ2v) is 8.27. The highest BCUT2D eigenvalue weighted by Gasteiger charge is 2.34. The Kier molecular flexibility index (Phi) is 4.96. The van der Waals surface area contributed by atoms with E-state index in [9.17, 15) is 14.3 Å². The molecule has 3 aromatic rings. The van der Waals surface area contributed by atoms with Crippen LogP contribution in [0.2, 0.25) is 0 Å². The highest BCUT2D eigenvalue weighted by molar-refractivity contribution is 8.01. The van der Waals surface area contributed by atoms with Crippen molar-refractivity contribution in [2.24, 2.45) is 0 Å². The van der Waals surface area contributed by atoms with Crippen LogP contribution in [-0.4, -0.2) is 33.2 Å². The number of thioether (sulfide) groups is 1. The molecule has 150 valence electrons. The first-order valence-corrected chi connectivity index (χ1v) is 10.0. The molecule has 2 aromatic carbocycles. The van der Waals surface area contributed by atoms with Crippen molar-refractivity contribution in [2.45, 2.75) is 24.3 Å². The number of nitrogens with zero attached hydrogens (tertiary/aromatic N) is 2. The minimum Gasteiger partial charge on any atom is -0.504 e. The van der Waals surface area contributed by atoms with E-state index in [2.05, 4.69) is 10.4 Å². The van der Waals surface area contributed by atoms with E-state index in [1.165, 1.54) is 31.0 Å². The van der Waals surface area contributed by atoms with E-state index in [0.29, 0.717) is 17.3 Å². The predicted octanol–water partition coefficient (Wildman–Crippen LogP) is 4.20. The maximum absolute atomic E-state index is 13.4. The second-order valence-electron chi connectivity index (χ2n) is 6.81. The third-order valence-electron chi connectivity index (χ3n) is 4.90. The van der Waals surface area contributed by atoms with E-state index in [1.54, 1.807) is 28.9 Å². The molecule has 0 radical (unpaired) electrons. The Morgan fingerprint density at radius 2 is 1.97 bits per heavy atom. The Morgan fingerprint density at radius 3 is 2.66 bits per heavy atom. The fourth-order valence-electron chi connectivity index (χ4n) is 3.40. The highest BCUT2D eigenvalue weighted by atomic mass is 32.2. The molecule has 6 nitrogen and oxygen atoms in total. The Hall–Kier alpha value is -3.00. The molecule has 0 spiro atoms. The number of phenolic OH excluding ortho intramolecular Hbond substituents is 1. The van der Waals surface area contributed by atoms with Crippen LogP contribution >= 0.6 is 11.8 Å². The second kappa shape index (κ2) is 7.44. The van der Waals surface area contributed by atoms with Gasteiger partial charge < -0.3 is 15.2 Å². The van der Waals surface area contributed by atoms with Crippen LogP contribution in [0.1, 0.15) is 29.0 Å². The maximum Gasteiger partial charge on any atom is 0.238 e. The SMILES string of the molecule is COc1cc(C2SC(C)C(=O)Nc3c2c(C)nn3-c2ccc(F)cc2)ccc1O. The van der Waals surface area contributed by atoms with Gasteiger partial charge in [0.15, 0.2) is 11.5 Å². The molecule has 0 fully saturated rings. The zero-order valence-electron chi connectivity index (χ0n) is 16.1. The van der Waals surface area contributed by atoms with Gasteiger partial charge in [0.1, 0.15) is 11.6 Å². The van der Waals surface area contributed by atoms with Crippen LogP contribution in [0.5, 0.6) is 11.5 Å². The van der Waals surface area contributed by atoms with E-state index in [0.717, 1.165) is 16.8 Å². The van der Waals surface area contributed by atoms with Gasteiger partial charge in [-0.2, -0.15) is 5.10 Å². The van der Waals surface area contributed by atoms with Gasteiger partial charge in [-0.05, 0) is 55.8 Å². The fourth-order valence-corrected chi connectivity index (χ4v) is 4.71. The number of hydrogen-bond acceptors (Lipinski definition) is 5. The van der Waals surface area contributed by atoms with E-state index in [1.807, 2.05) is 19.9 Å². The molecule has 2 N–H and O–H groups in total. The molecule has 29 heavy (non-hydrogen) atoms. The van der Waals surface area contributed by atoms with Crippen molar-refractivity contribution in [3.63, 3.8) is 0 Å². The molecular formula is C21H20FN3O3S. The fraction of sp³-hybridized carbons (Fsp3) is 0.238. The molecular weight excluding hydrogens is 393 g/mol. The molecule has 2 heterocycles. The summed E-state index contributed by atoms with van der Waals surface area (Å²) in [5.41, 5.74) is 3.15. The molecule has 2 atom stereocenters. The molecule has 1 aliphatic heterocycles. The van der Waals surface area contributed by atoms with Crippen LogP contribution in [0.4, 0.5) is 10.2 Å². The van der Waals surface area contributed by atoms with Gasteiger partial charge in [0.25, 0.3) is 0 Å². The van der Waals surface area contributed by atoms with Gasteiger partial charge in [-0.15, -0.1) is 11.8 Å². The Labute approximate surface area is 171 Å². The molecule has 0 saturated heterocycles. The van der Waals surface area contributed by atoms with Gasteiger partial charge >= 0.3 is 0 Å². The summed E-state index contributed by atoms with van der Waals surface area (Å²) in [6.45, 7) is 3.73. The van der Waals surface area contributed by atoms with Crippen molar-refractivity contribution in [2.75, 3.05) is 12.4 Å². The molecule has 8 heteroatoms. The number of carbonyl (C=O) groups is 1. The first-order valence-electron chi connectivity index (χ1n) is 9.07. The smallest absolute Gasteiger partial charge is 0.238 e. The number of aryl methyl sites for hydroxylation is 1. The van der Waals surface area contributed by atoms with Gasteiger partial charge in [-0.25, -0.2) is 9.07 Å². The largest absolute Gasteiger partial charge is 0.504 e. The normalized spacial score (nSPS) is 18.7. The third-order valence-corrected chi connectivity index (χ3v) is 6.30. The van der Waals surface area contributed by atoms with Gasteiger partial charge in [0.05, 0.1) is 29.0 Å². The number of benzene rings is 2. The highest BCUT2D eigenvalue weighted by Crippen LogP contribution is 2.47. The summed E-state index contributed by atoms with van der Waals surface area (Å²) in [5.74, 6) is 0.507. The van der Waals surface area contributed by atoms with E-state index < -0.39 is 0 Å². The van der Waals surface area contributed by atoms with Crippen molar-refractivity contribution in [3.8, 4) is 17.2 Å². The van der Waals surface area contributed by atoms with Crippen molar-refractivity contribution >= 4 is 23.5 Å². The number of phenols is 1. The monoisotopic (exact) mass is 413 g/mol. The Balaban J connectivity index is 1.90. The lowest BCUT2D eigenvalue weighted by atomic mass is 10.0. The predicted molar refractivity (Wildman–Crippen MR) is 110 cm³/mol. The number of aromatic hydroxyl groups is 1. The minimum absolute atomic E-state index is 0.0519. The number of rotatable bonds is 3. The number of carbonyl (C=O) groups excluding carboxylic acids is 1. The summed E-state index contributed by atoms with van der Waals surface area (Å²) in [5, 5.41) is 17.0. The number of halogens is 1. The van der Waals surface area contributed by atoms with Gasteiger partial charge in [0, 0.05) is 5.56 Å². The summed E-state index contributed by atoms with van der Waals surface area (Å²) >= 11 is 1.50. The number of aromatic nitrogens is 2. The topological polar surface area (TPSA) is 76.4 Å². The number of hydrogen-bond donors (Lipinski definition) is 2. The average Bonchev–Trinajstić information content (AvgIpc) is 2.95. The number of anilines is 1. The zero-order valence-corrected chi connectivity index (χ0v) is 17.0. The lowest BCUT2D eigenvalue weighted by Gasteiger charge is -2.18. The summed E-state index contributed by atoms with van der Waals surface area (Å²) in [6.07, 6.45) is 0. The van der Waals surface area contributed by atoms with Gasteiger partial charge in [-0.3, -0.25) is 4.79 Å². The third kappa shape index (κ3) is 3.44. The van der Waals surface area contributed by atoms with E-state index in [4.69, 9.17) is 4.74 Å². The average molecular weight is 413 g/mol. The zero-order chi connectivity index (χ0) is 20.7. The van der Waals surface area contributed by atoms with Crippen molar-refractivity contribution < 1.29 is 19.0 Å². The van der Waals surface area contributed by atoms with Crippen molar-refractivity contribution in [1.82, 2.24) is 9.78 Å². The van der Waals surface area contributed by atoms with E-state index in [-0.39, 0.29) is 28.0 Å². The summed E-state index contributed by atoms with van der Waals surface area (Å²) in [4.78, 5) is 12.7. The molecule has 4 rings (SSSR count). The lowest BCUT2D eigenvalue weighted by molar-refractivity contribution is -0.115. The van der Waals surface area contributed by atoms with E-state index >= 15 is 0 Å². The van der Waals surface area contributed by atoms with Gasteiger partial charge in [0.2, 0.25) is 5.91 Å². The number of nitrogens with one attached hydrogen (secondary N) is 1. The van der Waals surface area contributed by atoms with Crippen molar-refractivity contribution in [3.05, 3.63) is 65.1 Å². The molecule has 2 unspecified atom stereocenters. The molecule has 1 aliphatic rings. The van der Waals surface area contributed by atoms with Crippen LogP contribution in [0.3, 0.4) is 0 Å². The minimum atomic E-state index is -0.342. The number of amides is 1. The van der Waals surface area contributed by atoms with Crippen LogP contribution in [0.15, 0.2) is 42.5 Å². The molecule has 0 aliphatic carbocycles. The number of fused-ring (bicyclic) bond motifs is 1. The van der Waals surface area contributed by atoms with Crippen LogP contribution < -0.4 is 10.1 Å². The first-order chi connectivity index (χ1) is 13.9. The van der Waals surface area contributed by atoms with Crippen LogP contribution in [0, 0.1) is 12.7 Å². The Morgan fingerprint density at radius 1 is 1.24 bits per heavy atom. The standard InChI is InChI=1S/C21H20FN3O3S/c1-11-18-19(13-4-9-16(26)17(10-13)28-3)29-12(2)21(27)23-20(18)25(24-11)15-7-5-14(22)6-8-15/h4-10,12,19,26H,1-3H3,(H,23,27). The maximum atomic E-state index is 13.4. The van der Waals surface area contributed by atoms with Gasteiger partial charge in [-0.1, -0.05) is 6.07 Å². The summed E-state index contributed by atoms with van der Waals surface area (Å²) in [7, 11) is 1.50. The summed E-state index contributed by atoms with van der Waals surface area (Å²) < 4.78 is 20.3. The molecule has 1 amide bonds. The molecule has 0 bridgehead atoms. The van der Waals surface area contributed by atoms with Crippen molar-refractivity contribution in [1.29, 1.82) is 0 Å². The van der Waals surface area contributed by atoms with Crippen LogP contribution in [0.25, 0.3) is 5.69 Å². The number of methoxy groups -OCH3 is 1. The Bertz CT molecular complexity index is 1080. The van der Waals surface area contributed by atoms with Crippen LogP contribution in [-0.2, 0) is 4.79 Å². The first kappa shape index (κ1) is 19.3. The quantitative estimate of drug-likeness (QED) is 0.673. The summed E-state index contributed by atoms with van der Waals surface area (Å²) in [6, 6.07) is 11.1. The molecule has 1 aromatic heterocycles. The molecule has 0 saturated carbocycles.